The van der Waals surface area contributed by atoms with Gasteiger partial charge in [-0.15, -0.1) is 0 Å². The second kappa shape index (κ2) is 5.41. The summed E-state index contributed by atoms with van der Waals surface area (Å²) in [5.74, 6) is 1.27. The van der Waals surface area contributed by atoms with Gasteiger partial charge in [0.2, 0.25) is 0 Å². The third kappa shape index (κ3) is 2.45. The molecule has 0 amide bonds. The molecule has 1 aliphatic carbocycles. The molecular formula is C16H24N2. The van der Waals surface area contributed by atoms with E-state index in [0.717, 1.165) is 13.0 Å². The van der Waals surface area contributed by atoms with Crippen molar-refractivity contribution in [2.75, 3.05) is 6.54 Å². The zero-order valence-corrected chi connectivity index (χ0v) is 11.0. The first kappa shape index (κ1) is 11.0. The molecule has 2 nitrogen and oxygen atoms in total. The number of hydrogen-bond acceptors (Lipinski definition) is 2. The standard InChI is InChI=1S/C16H24N2/c17-15-9-10-18-16(15)14-8-4-7-13(11-14)12-5-2-1-3-6-12/h1-3,5-6,13-16,18H,4,7-11,17H2/t13?,14?,15-,16?/m1/s1/i/hD. The normalized spacial score (nSPS) is 38.6. The molecule has 3 unspecified atom stereocenters. The maximum atomic E-state index is 8.08. The van der Waals surface area contributed by atoms with Crippen LogP contribution >= 0.6 is 0 Å². The highest BCUT2D eigenvalue weighted by Crippen LogP contribution is 2.38. The van der Waals surface area contributed by atoms with Crippen molar-refractivity contribution in [2.24, 2.45) is 11.7 Å². The Morgan fingerprint density at radius 3 is 2.72 bits per heavy atom. The van der Waals surface area contributed by atoms with Crippen molar-refractivity contribution in [3.8, 4) is 0 Å². The SMILES string of the molecule is [2H]N1CC[C@@H](N)C1C1CCCC(c2ccccc2)C1. The molecule has 0 radical (unpaired) electrons. The Hall–Kier alpha value is -0.860. The first-order valence-corrected chi connectivity index (χ1v) is 7.32. The Morgan fingerprint density at radius 2 is 2.00 bits per heavy atom. The molecule has 2 aliphatic rings. The van der Waals surface area contributed by atoms with Crippen LogP contribution in [0.5, 0.6) is 0 Å². The fourth-order valence-electron chi connectivity index (χ4n) is 3.74. The average Bonchev–Trinajstić information content (AvgIpc) is 2.79. The minimum atomic E-state index is 0.206. The van der Waals surface area contributed by atoms with Crippen LogP contribution in [0.3, 0.4) is 0 Å². The highest BCUT2D eigenvalue weighted by atomic mass is 15.0. The van der Waals surface area contributed by atoms with Gasteiger partial charge >= 0.3 is 0 Å². The van der Waals surface area contributed by atoms with E-state index in [9.17, 15) is 0 Å². The Balaban J connectivity index is 1.71. The van der Waals surface area contributed by atoms with Crippen molar-refractivity contribution in [2.45, 2.75) is 50.1 Å². The minimum Gasteiger partial charge on any atom is -0.326 e. The van der Waals surface area contributed by atoms with E-state index in [1.807, 2.05) is 0 Å². The highest BCUT2D eigenvalue weighted by molar-refractivity contribution is 5.20. The van der Waals surface area contributed by atoms with Gasteiger partial charge in [0.15, 0.2) is 0 Å². The Bertz CT molecular complexity index is 398. The summed E-state index contributed by atoms with van der Waals surface area (Å²) >= 11 is 0. The lowest BCUT2D eigenvalue weighted by atomic mass is 9.74. The van der Waals surface area contributed by atoms with Gasteiger partial charge in [0, 0.05) is 12.1 Å². The third-order valence-electron chi connectivity index (χ3n) is 4.71. The van der Waals surface area contributed by atoms with Crippen molar-refractivity contribution in [1.29, 1.82) is 0 Å². The summed E-state index contributed by atoms with van der Waals surface area (Å²) in [5, 5.41) is 1.75. The summed E-state index contributed by atoms with van der Waals surface area (Å²) in [4.78, 5) is 0. The van der Waals surface area contributed by atoms with E-state index in [1.54, 1.807) is 5.31 Å². The zero-order valence-electron chi connectivity index (χ0n) is 12.0. The Labute approximate surface area is 111 Å². The molecule has 3 N–H and O–H groups in total. The Kier molecular flexibility index (Phi) is 3.31. The molecule has 0 spiro atoms. The number of hydrogen-bond donors (Lipinski definition) is 2. The van der Waals surface area contributed by atoms with Crippen molar-refractivity contribution in [3.63, 3.8) is 0 Å². The van der Waals surface area contributed by atoms with E-state index >= 15 is 0 Å². The molecular weight excluding hydrogens is 220 g/mol. The molecule has 1 saturated carbocycles. The van der Waals surface area contributed by atoms with Crippen LogP contribution in [-0.2, 0) is 0 Å². The molecule has 4 atom stereocenters. The second-order valence-corrected chi connectivity index (χ2v) is 5.88. The molecule has 2 fully saturated rings. The van der Waals surface area contributed by atoms with Crippen molar-refractivity contribution < 1.29 is 1.41 Å². The van der Waals surface area contributed by atoms with E-state index in [1.165, 1.54) is 31.2 Å². The van der Waals surface area contributed by atoms with Gasteiger partial charge in [0.05, 0.1) is 0 Å². The van der Waals surface area contributed by atoms with Crippen LogP contribution in [0.4, 0.5) is 0 Å². The molecule has 2 heteroatoms. The maximum Gasteiger partial charge on any atom is 0.123 e. The lowest BCUT2D eigenvalue weighted by Gasteiger charge is -2.35. The molecule has 1 aromatic carbocycles. The first-order chi connectivity index (χ1) is 9.25. The summed E-state index contributed by atoms with van der Waals surface area (Å²) in [6.45, 7) is 0.846. The van der Waals surface area contributed by atoms with Crippen molar-refractivity contribution in [1.82, 2.24) is 5.31 Å². The largest absolute Gasteiger partial charge is 0.326 e. The molecule has 0 aromatic heterocycles. The predicted octanol–water partition coefficient (Wildman–Crippen LogP) is 2.65. The van der Waals surface area contributed by atoms with Gasteiger partial charge in [-0.3, -0.25) is 0 Å². The second-order valence-electron chi connectivity index (χ2n) is 5.88. The van der Waals surface area contributed by atoms with Gasteiger partial charge < -0.3 is 11.0 Å². The van der Waals surface area contributed by atoms with Gasteiger partial charge in [-0.1, -0.05) is 36.8 Å². The number of benzene rings is 1. The lowest BCUT2D eigenvalue weighted by molar-refractivity contribution is 0.251. The van der Waals surface area contributed by atoms with Crippen LogP contribution in [0.15, 0.2) is 30.3 Å². The molecule has 0 bridgehead atoms. The minimum absolute atomic E-state index is 0.206. The van der Waals surface area contributed by atoms with Crippen LogP contribution in [0.2, 0.25) is 1.41 Å². The van der Waals surface area contributed by atoms with Gasteiger partial charge in [-0.2, -0.15) is 0 Å². The van der Waals surface area contributed by atoms with E-state index < -0.39 is 0 Å². The molecule has 1 heterocycles. The number of nitrogens with one attached hydrogen (secondary N) is 1. The topological polar surface area (TPSA) is 38.0 Å². The molecule has 1 aromatic rings. The smallest absolute Gasteiger partial charge is 0.123 e. The molecule has 18 heavy (non-hydrogen) atoms. The van der Waals surface area contributed by atoms with Gasteiger partial charge in [-0.05, 0) is 49.6 Å². The number of rotatable bonds is 2. The monoisotopic (exact) mass is 245 g/mol. The van der Waals surface area contributed by atoms with Crippen LogP contribution in [0.1, 0.15) is 43.6 Å². The average molecular weight is 245 g/mol. The zero-order chi connectivity index (χ0) is 13.2. The fraction of sp³-hybridized carbons (Fsp3) is 0.625. The summed E-state index contributed by atoms with van der Waals surface area (Å²) in [5.41, 5.74) is 7.69. The predicted molar refractivity (Wildman–Crippen MR) is 75.5 cm³/mol. The van der Waals surface area contributed by atoms with Gasteiger partial charge in [0.25, 0.3) is 0 Å². The molecule has 3 rings (SSSR count). The quantitative estimate of drug-likeness (QED) is 0.840. The molecule has 1 aliphatic heterocycles. The summed E-state index contributed by atoms with van der Waals surface area (Å²) in [7, 11) is 0. The highest BCUT2D eigenvalue weighted by Gasteiger charge is 2.34. The van der Waals surface area contributed by atoms with Gasteiger partial charge in [0.1, 0.15) is 1.41 Å². The van der Waals surface area contributed by atoms with Gasteiger partial charge in [-0.25, -0.2) is 0 Å². The van der Waals surface area contributed by atoms with E-state index in [2.05, 4.69) is 30.3 Å². The van der Waals surface area contributed by atoms with E-state index in [4.69, 9.17) is 7.15 Å². The van der Waals surface area contributed by atoms with E-state index in [-0.39, 0.29) is 12.1 Å². The third-order valence-corrected chi connectivity index (χ3v) is 4.71. The lowest BCUT2D eigenvalue weighted by Crippen LogP contribution is -2.43. The van der Waals surface area contributed by atoms with E-state index in [0.29, 0.717) is 11.8 Å². The molecule has 1 saturated heterocycles. The summed E-state index contributed by atoms with van der Waals surface area (Å²) in [6, 6.07) is 11.3. The maximum absolute atomic E-state index is 8.08. The van der Waals surface area contributed by atoms with Crippen LogP contribution in [0.25, 0.3) is 0 Å². The number of nitrogens with two attached hydrogens (primary N) is 1. The van der Waals surface area contributed by atoms with Crippen molar-refractivity contribution in [3.05, 3.63) is 35.9 Å². The molecule has 98 valence electrons. The summed E-state index contributed by atoms with van der Waals surface area (Å²) < 4.78 is 8.08. The van der Waals surface area contributed by atoms with Crippen LogP contribution < -0.4 is 11.0 Å². The van der Waals surface area contributed by atoms with Crippen LogP contribution in [-0.4, -0.2) is 18.6 Å². The Morgan fingerprint density at radius 1 is 1.17 bits per heavy atom. The first-order valence-electron chi connectivity index (χ1n) is 7.76. The summed E-state index contributed by atoms with van der Waals surface area (Å²) in [6.07, 6.45) is 6.01. The van der Waals surface area contributed by atoms with Crippen LogP contribution in [0, 0.1) is 5.92 Å². The fourth-order valence-corrected chi connectivity index (χ4v) is 3.74. The van der Waals surface area contributed by atoms with Crippen molar-refractivity contribution >= 4 is 0 Å².